The Bertz CT molecular complexity index is 678. The molecular weight excluding hydrogens is 308 g/mol. The van der Waals surface area contributed by atoms with Crippen LogP contribution in [0.25, 0.3) is 0 Å². The Kier molecular flexibility index (Phi) is 5.28. The van der Waals surface area contributed by atoms with Gasteiger partial charge in [0.25, 0.3) is 5.91 Å². The summed E-state index contributed by atoms with van der Waals surface area (Å²) in [5, 5.41) is 0. The zero-order valence-electron chi connectivity index (χ0n) is 13.6. The molecule has 0 radical (unpaired) electrons. The summed E-state index contributed by atoms with van der Waals surface area (Å²) in [6.07, 6.45) is 2.77. The number of benzene rings is 1. The standard InChI is InChI=1S/C18H20N2O4/c1-22-11-10-20(12-14-6-8-19-9-7-14)18(21)17-13-23-15-4-2-3-5-16(15)24-17/h2-9,17H,10-13H2,1H3. The molecule has 0 spiro atoms. The van der Waals surface area contributed by atoms with Gasteiger partial charge in [-0.3, -0.25) is 9.78 Å². The molecule has 0 saturated carbocycles. The molecular formula is C18H20N2O4. The first-order chi connectivity index (χ1) is 11.8. The molecule has 0 aliphatic carbocycles. The van der Waals surface area contributed by atoms with Crippen LogP contribution in [0.15, 0.2) is 48.8 Å². The molecule has 1 amide bonds. The summed E-state index contributed by atoms with van der Waals surface area (Å²) in [6.45, 7) is 1.63. The van der Waals surface area contributed by atoms with Crippen LogP contribution in [0.4, 0.5) is 0 Å². The lowest BCUT2D eigenvalue weighted by Crippen LogP contribution is -2.47. The van der Waals surface area contributed by atoms with E-state index in [-0.39, 0.29) is 12.5 Å². The molecule has 126 valence electrons. The number of ether oxygens (including phenoxy) is 3. The van der Waals surface area contributed by atoms with Crippen molar-refractivity contribution in [2.45, 2.75) is 12.6 Å². The molecule has 6 nitrogen and oxygen atoms in total. The number of methoxy groups -OCH3 is 1. The predicted octanol–water partition coefficient (Wildman–Crippen LogP) is 1.90. The first-order valence-electron chi connectivity index (χ1n) is 7.83. The Morgan fingerprint density at radius 1 is 1.25 bits per heavy atom. The molecule has 1 aliphatic rings. The van der Waals surface area contributed by atoms with Crippen molar-refractivity contribution in [3.63, 3.8) is 0 Å². The molecule has 24 heavy (non-hydrogen) atoms. The highest BCUT2D eigenvalue weighted by Crippen LogP contribution is 2.31. The highest BCUT2D eigenvalue weighted by Gasteiger charge is 2.31. The molecule has 1 aromatic heterocycles. The highest BCUT2D eigenvalue weighted by molar-refractivity contribution is 5.82. The summed E-state index contributed by atoms with van der Waals surface area (Å²) in [7, 11) is 1.62. The van der Waals surface area contributed by atoms with E-state index in [1.54, 1.807) is 30.5 Å². The maximum absolute atomic E-state index is 12.9. The number of para-hydroxylation sites is 2. The molecule has 2 heterocycles. The van der Waals surface area contributed by atoms with E-state index in [0.29, 0.717) is 31.2 Å². The van der Waals surface area contributed by atoms with Crippen LogP contribution in [0.5, 0.6) is 11.5 Å². The summed E-state index contributed by atoms with van der Waals surface area (Å²) in [4.78, 5) is 18.6. The molecule has 1 atom stereocenters. The third-order valence-electron chi connectivity index (χ3n) is 3.78. The zero-order chi connectivity index (χ0) is 16.8. The third-order valence-corrected chi connectivity index (χ3v) is 3.78. The summed E-state index contributed by atoms with van der Waals surface area (Å²) in [5.41, 5.74) is 1.01. The second kappa shape index (κ2) is 7.79. The van der Waals surface area contributed by atoms with Crippen molar-refractivity contribution in [1.82, 2.24) is 9.88 Å². The number of carbonyl (C=O) groups is 1. The van der Waals surface area contributed by atoms with E-state index < -0.39 is 6.10 Å². The minimum atomic E-state index is -0.654. The number of amides is 1. The Morgan fingerprint density at radius 3 is 2.75 bits per heavy atom. The van der Waals surface area contributed by atoms with Gasteiger partial charge in [0.15, 0.2) is 11.5 Å². The van der Waals surface area contributed by atoms with Gasteiger partial charge in [0.05, 0.1) is 6.61 Å². The smallest absolute Gasteiger partial charge is 0.267 e. The van der Waals surface area contributed by atoms with Crippen molar-refractivity contribution < 1.29 is 19.0 Å². The van der Waals surface area contributed by atoms with Gasteiger partial charge in [-0.15, -0.1) is 0 Å². The van der Waals surface area contributed by atoms with Gasteiger partial charge in [-0.05, 0) is 29.8 Å². The average Bonchev–Trinajstić information content (AvgIpc) is 2.65. The van der Waals surface area contributed by atoms with E-state index >= 15 is 0 Å². The number of aromatic nitrogens is 1. The fourth-order valence-corrected chi connectivity index (χ4v) is 2.52. The first kappa shape index (κ1) is 16.3. The number of hydrogen-bond acceptors (Lipinski definition) is 5. The van der Waals surface area contributed by atoms with Crippen molar-refractivity contribution in [3.05, 3.63) is 54.4 Å². The normalized spacial score (nSPS) is 15.8. The van der Waals surface area contributed by atoms with Gasteiger partial charge < -0.3 is 19.1 Å². The van der Waals surface area contributed by atoms with Crippen LogP contribution in [-0.2, 0) is 16.1 Å². The third kappa shape index (κ3) is 3.83. The Balaban J connectivity index is 1.71. The second-order valence-electron chi connectivity index (χ2n) is 5.47. The fourth-order valence-electron chi connectivity index (χ4n) is 2.52. The van der Waals surface area contributed by atoms with Crippen LogP contribution in [-0.4, -0.2) is 48.8 Å². The number of carbonyl (C=O) groups excluding carboxylic acids is 1. The van der Waals surface area contributed by atoms with Crippen LogP contribution < -0.4 is 9.47 Å². The molecule has 0 fully saturated rings. The SMILES string of the molecule is COCCN(Cc1ccncc1)C(=O)C1COc2ccccc2O1. The van der Waals surface area contributed by atoms with Crippen molar-refractivity contribution >= 4 is 5.91 Å². The fraction of sp³-hybridized carbons (Fsp3) is 0.333. The Labute approximate surface area is 141 Å². The van der Waals surface area contributed by atoms with E-state index in [4.69, 9.17) is 14.2 Å². The zero-order valence-corrected chi connectivity index (χ0v) is 13.6. The van der Waals surface area contributed by atoms with Crippen LogP contribution in [0.2, 0.25) is 0 Å². The summed E-state index contributed by atoms with van der Waals surface area (Å²) in [5.74, 6) is 1.15. The van der Waals surface area contributed by atoms with E-state index in [9.17, 15) is 4.79 Å². The minimum absolute atomic E-state index is 0.113. The van der Waals surface area contributed by atoms with Crippen molar-refractivity contribution in [3.8, 4) is 11.5 Å². The molecule has 1 unspecified atom stereocenters. The molecule has 0 bridgehead atoms. The van der Waals surface area contributed by atoms with Gasteiger partial charge in [-0.1, -0.05) is 12.1 Å². The number of fused-ring (bicyclic) bond motifs is 1. The van der Waals surface area contributed by atoms with Crippen molar-refractivity contribution in [2.24, 2.45) is 0 Å². The average molecular weight is 328 g/mol. The molecule has 2 aromatic rings. The monoisotopic (exact) mass is 328 g/mol. The van der Waals surface area contributed by atoms with E-state index in [1.165, 1.54) is 0 Å². The van der Waals surface area contributed by atoms with Crippen LogP contribution in [0, 0.1) is 0 Å². The van der Waals surface area contributed by atoms with E-state index in [1.807, 2.05) is 30.3 Å². The quantitative estimate of drug-likeness (QED) is 0.810. The van der Waals surface area contributed by atoms with Crippen LogP contribution in [0.3, 0.4) is 0 Å². The van der Waals surface area contributed by atoms with Gasteiger partial charge in [-0.2, -0.15) is 0 Å². The van der Waals surface area contributed by atoms with Crippen LogP contribution in [0.1, 0.15) is 5.56 Å². The Morgan fingerprint density at radius 2 is 2.00 bits per heavy atom. The van der Waals surface area contributed by atoms with Crippen molar-refractivity contribution in [1.29, 1.82) is 0 Å². The maximum atomic E-state index is 12.9. The van der Waals surface area contributed by atoms with Gasteiger partial charge in [0.2, 0.25) is 6.10 Å². The first-order valence-corrected chi connectivity index (χ1v) is 7.83. The lowest BCUT2D eigenvalue weighted by molar-refractivity contribution is -0.142. The molecule has 0 saturated heterocycles. The number of nitrogens with zero attached hydrogens (tertiary/aromatic N) is 2. The topological polar surface area (TPSA) is 60.9 Å². The number of hydrogen-bond donors (Lipinski definition) is 0. The predicted molar refractivity (Wildman–Crippen MR) is 87.9 cm³/mol. The summed E-state index contributed by atoms with van der Waals surface area (Å²) >= 11 is 0. The largest absolute Gasteiger partial charge is 0.485 e. The molecule has 6 heteroatoms. The van der Waals surface area contributed by atoms with Gasteiger partial charge >= 0.3 is 0 Å². The van der Waals surface area contributed by atoms with E-state index in [2.05, 4.69) is 4.98 Å². The van der Waals surface area contributed by atoms with Gasteiger partial charge in [0, 0.05) is 32.6 Å². The molecule has 3 rings (SSSR count). The van der Waals surface area contributed by atoms with Gasteiger partial charge in [-0.25, -0.2) is 0 Å². The maximum Gasteiger partial charge on any atom is 0.267 e. The van der Waals surface area contributed by atoms with Gasteiger partial charge in [0.1, 0.15) is 6.61 Å². The lowest BCUT2D eigenvalue weighted by Gasteiger charge is -2.30. The number of rotatable bonds is 6. The van der Waals surface area contributed by atoms with Crippen molar-refractivity contribution in [2.75, 3.05) is 26.9 Å². The number of pyridine rings is 1. The summed E-state index contributed by atoms with van der Waals surface area (Å²) < 4.78 is 16.6. The minimum Gasteiger partial charge on any atom is -0.485 e. The summed E-state index contributed by atoms with van der Waals surface area (Å²) in [6, 6.07) is 11.1. The highest BCUT2D eigenvalue weighted by atomic mass is 16.6. The molecule has 1 aliphatic heterocycles. The van der Waals surface area contributed by atoms with E-state index in [0.717, 1.165) is 5.56 Å². The lowest BCUT2D eigenvalue weighted by atomic mass is 10.2. The van der Waals surface area contributed by atoms with Crippen LogP contribution >= 0.6 is 0 Å². The molecule has 0 N–H and O–H groups in total. The second-order valence-corrected chi connectivity index (χ2v) is 5.47. The Hall–Kier alpha value is -2.60. The molecule has 1 aromatic carbocycles.